The number of anilines is 2. The van der Waals surface area contributed by atoms with Gasteiger partial charge in [0.25, 0.3) is 10.0 Å². The van der Waals surface area contributed by atoms with Gasteiger partial charge in [0, 0.05) is 32.7 Å². The van der Waals surface area contributed by atoms with Crippen molar-refractivity contribution in [3.05, 3.63) is 60.8 Å². The highest BCUT2D eigenvalue weighted by Gasteiger charge is 2.19. The number of pyridine rings is 1. The number of aromatic nitrogens is 1. The van der Waals surface area contributed by atoms with Crippen LogP contribution in [0.4, 0.5) is 11.5 Å². The van der Waals surface area contributed by atoms with Gasteiger partial charge in [0.05, 0.1) is 16.3 Å². The Hall–Kier alpha value is -2.38. The molecule has 1 aromatic heterocycles. The lowest BCUT2D eigenvalue weighted by Gasteiger charge is -2.35. The molecule has 0 atom stereocenters. The van der Waals surface area contributed by atoms with Crippen molar-refractivity contribution in [2.45, 2.75) is 11.8 Å². The van der Waals surface area contributed by atoms with Gasteiger partial charge in [-0.05, 0) is 31.2 Å². The molecule has 0 aliphatic carbocycles. The summed E-state index contributed by atoms with van der Waals surface area (Å²) in [6.07, 6.45) is 1.92. The molecule has 0 spiro atoms. The van der Waals surface area contributed by atoms with Gasteiger partial charge in [-0.3, -0.25) is 9.62 Å². The molecule has 0 saturated carbocycles. The lowest BCUT2D eigenvalue weighted by Crippen LogP contribution is -2.46. The van der Waals surface area contributed by atoms with E-state index in [1.54, 1.807) is 36.4 Å². The molecule has 138 valence electrons. The summed E-state index contributed by atoms with van der Waals surface area (Å²) in [4.78, 5) is 9.41. The molecule has 7 heteroatoms. The van der Waals surface area contributed by atoms with Crippen LogP contribution in [0, 0.1) is 6.92 Å². The molecule has 1 aliphatic rings. The number of nitrogens with zero attached hydrogens (tertiary/aromatic N) is 3. The molecule has 2 aromatic rings. The van der Waals surface area contributed by atoms with Crippen LogP contribution < -0.4 is 9.62 Å². The lowest BCUT2D eigenvalue weighted by atomic mass is 10.2. The van der Waals surface area contributed by atoms with E-state index < -0.39 is 10.0 Å². The molecule has 0 amide bonds. The van der Waals surface area contributed by atoms with E-state index >= 15 is 0 Å². The Morgan fingerprint density at radius 3 is 2.42 bits per heavy atom. The van der Waals surface area contributed by atoms with Crippen LogP contribution in [0.25, 0.3) is 0 Å². The largest absolute Gasteiger partial charge is 0.354 e. The maximum Gasteiger partial charge on any atom is 0.261 e. The third kappa shape index (κ3) is 4.23. The number of hydrogen-bond donors (Lipinski definition) is 1. The number of nitrogens with one attached hydrogen (secondary N) is 1. The van der Waals surface area contributed by atoms with Gasteiger partial charge in [0.15, 0.2) is 0 Å². The van der Waals surface area contributed by atoms with Crippen molar-refractivity contribution in [2.75, 3.05) is 42.3 Å². The average Bonchev–Trinajstić information content (AvgIpc) is 2.65. The van der Waals surface area contributed by atoms with Gasteiger partial charge in [-0.15, -0.1) is 6.58 Å². The lowest BCUT2D eigenvalue weighted by molar-refractivity contribution is 0.283. The van der Waals surface area contributed by atoms with Crippen molar-refractivity contribution in [3.63, 3.8) is 0 Å². The highest BCUT2D eigenvalue weighted by atomic mass is 32.2. The van der Waals surface area contributed by atoms with E-state index in [0.717, 1.165) is 38.5 Å². The van der Waals surface area contributed by atoms with E-state index in [-0.39, 0.29) is 4.90 Å². The van der Waals surface area contributed by atoms with Crippen molar-refractivity contribution < 1.29 is 8.42 Å². The molecule has 6 nitrogen and oxygen atoms in total. The smallest absolute Gasteiger partial charge is 0.261 e. The molecular weight excluding hydrogens is 348 g/mol. The van der Waals surface area contributed by atoms with E-state index in [9.17, 15) is 8.42 Å². The summed E-state index contributed by atoms with van der Waals surface area (Å²) in [5.41, 5.74) is 1.17. The Balaban J connectivity index is 1.71. The van der Waals surface area contributed by atoms with Crippen molar-refractivity contribution in [2.24, 2.45) is 0 Å². The van der Waals surface area contributed by atoms with E-state index in [1.165, 1.54) is 0 Å². The molecule has 0 radical (unpaired) electrons. The third-order valence-corrected chi connectivity index (χ3v) is 5.83. The molecule has 1 N–H and O–H groups in total. The highest BCUT2D eigenvalue weighted by Crippen LogP contribution is 2.22. The van der Waals surface area contributed by atoms with Crippen LogP contribution in [0.1, 0.15) is 5.69 Å². The Bertz CT molecular complexity index is 860. The van der Waals surface area contributed by atoms with E-state index in [2.05, 4.69) is 26.1 Å². The fourth-order valence-electron chi connectivity index (χ4n) is 2.98. The summed E-state index contributed by atoms with van der Waals surface area (Å²) < 4.78 is 27.6. The zero-order valence-corrected chi connectivity index (χ0v) is 15.7. The van der Waals surface area contributed by atoms with Crippen LogP contribution in [0.15, 0.2) is 60.0 Å². The summed E-state index contributed by atoms with van der Waals surface area (Å²) >= 11 is 0. The Morgan fingerprint density at radius 2 is 1.81 bits per heavy atom. The summed E-state index contributed by atoms with van der Waals surface area (Å²) in [5.74, 6) is 0.878. The number of rotatable bonds is 6. The second-order valence-electron chi connectivity index (χ2n) is 6.30. The number of aryl methyl sites for hydroxylation is 1. The maximum atomic E-state index is 12.5. The minimum absolute atomic E-state index is 0.238. The van der Waals surface area contributed by atoms with Gasteiger partial charge >= 0.3 is 0 Å². The van der Waals surface area contributed by atoms with Crippen LogP contribution in [-0.2, 0) is 10.0 Å². The average molecular weight is 372 g/mol. The first-order valence-electron chi connectivity index (χ1n) is 8.63. The van der Waals surface area contributed by atoms with Gasteiger partial charge in [-0.25, -0.2) is 13.4 Å². The molecule has 1 saturated heterocycles. The number of benzene rings is 1. The molecule has 26 heavy (non-hydrogen) atoms. The molecule has 3 rings (SSSR count). The zero-order valence-electron chi connectivity index (χ0n) is 14.9. The second kappa shape index (κ2) is 7.88. The topological polar surface area (TPSA) is 65.5 Å². The number of hydrogen-bond acceptors (Lipinski definition) is 5. The minimum Gasteiger partial charge on any atom is -0.354 e. The quantitative estimate of drug-likeness (QED) is 0.789. The van der Waals surface area contributed by atoms with Crippen molar-refractivity contribution in [1.29, 1.82) is 0 Å². The molecule has 1 aliphatic heterocycles. The van der Waals surface area contributed by atoms with Crippen LogP contribution in [-0.4, -0.2) is 51.0 Å². The summed E-state index contributed by atoms with van der Waals surface area (Å²) in [7, 11) is -3.61. The fraction of sp³-hybridized carbons (Fsp3) is 0.316. The van der Waals surface area contributed by atoms with E-state index in [1.807, 2.05) is 19.1 Å². The summed E-state index contributed by atoms with van der Waals surface area (Å²) in [6.45, 7) is 10.2. The SMILES string of the molecule is C=CCN1CCN(c2ccc(NS(=O)(=O)c3ccccc3)c(C)n2)CC1. The van der Waals surface area contributed by atoms with Gasteiger partial charge in [-0.1, -0.05) is 24.3 Å². The monoisotopic (exact) mass is 372 g/mol. The van der Waals surface area contributed by atoms with Crippen molar-refractivity contribution in [3.8, 4) is 0 Å². The summed E-state index contributed by atoms with van der Waals surface area (Å²) in [6, 6.07) is 12.0. The predicted molar refractivity (Wildman–Crippen MR) is 105 cm³/mol. The number of piperazine rings is 1. The summed E-state index contributed by atoms with van der Waals surface area (Å²) in [5, 5.41) is 0. The fourth-order valence-corrected chi connectivity index (χ4v) is 4.12. The molecule has 0 unspecified atom stereocenters. The Kier molecular flexibility index (Phi) is 5.58. The molecule has 0 bridgehead atoms. The number of sulfonamides is 1. The minimum atomic E-state index is -3.61. The van der Waals surface area contributed by atoms with Gasteiger partial charge in [0.2, 0.25) is 0 Å². The predicted octanol–water partition coefficient (Wildman–Crippen LogP) is 2.50. The third-order valence-electron chi connectivity index (χ3n) is 4.45. The first-order chi connectivity index (χ1) is 12.5. The second-order valence-corrected chi connectivity index (χ2v) is 7.98. The molecule has 2 heterocycles. The first-order valence-corrected chi connectivity index (χ1v) is 10.1. The maximum absolute atomic E-state index is 12.5. The molecular formula is C19H24N4O2S. The highest BCUT2D eigenvalue weighted by molar-refractivity contribution is 7.92. The molecule has 1 fully saturated rings. The van der Waals surface area contributed by atoms with Gasteiger partial charge in [0.1, 0.15) is 5.82 Å². The Morgan fingerprint density at radius 1 is 1.12 bits per heavy atom. The normalized spacial score (nSPS) is 15.7. The van der Waals surface area contributed by atoms with Crippen molar-refractivity contribution >= 4 is 21.5 Å². The Labute approximate surface area is 155 Å². The first kappa shape index (κ1) is 18.4. The van der Waals surface area contributed by atoms with Gasteiger partial charge in [-0.2, -0.15) is 0 Å². The van der Waals surface area contributed by atoms with Crippen LogP contribution in [0.2, 0.25) is 0 Å². The van der Waals surface area contributed by atoms with Crippen molar-refractivity contribution in [1.82, 2.24) is 9.88 Å². The van der Waals surface area contributed by atoms with Crippen LogP contribution in [0.3, 0.4) is 0 Å². The van der Waals surface area contributed by atoms with Gasteiger partial charge < -0.3 is 4.90 Å². The van der Waals surface area contributed by atoms with Crippen LogP contribution >= 0.6 is 0 Å². The van der Waals surface area contributed by atoms with E-state index in [0.29, 0.717) is 11.4 Å². The van der Waals surface area contributed by atoms with Crippen LogP contribution in [0.5, 0.6) is 0 Å². The molecule has 1 aromatic carbocycles. The van der Waals surface area contributed by atoms with E-state index in [4.69, 9.17) is 0 Å². The zero-order chi connectivity index (χ0) is 18.6. The standard InChI is InChI=1S/C19H24N4O2S/c1-3-11-22-12-14-23(15-13-22)19-10-9-18(16(2)20-19)21-26(24,25)17-7-5-4-6-8-17/h3-10,21H,1,11-15H2,2H3.